The van der Waals surface area contributed by atoms with E-state index < -0.39 is 0 Å². The summed E-state index contributed by atoms with van der Waals surface area (Å²) in [4.78, 5) is 5.31. The maximum absolute atomic E-state index is 3.77. The van der Waals surface area contributed by atoms with Crippen LogP contribution in [0.4, 0.5) is 0 Å². The molecule has 3 fully saturated rings. The first-order valence-electron chi connectivity index (χ1n) is 6.52. The Morgan fingerprint density at radius 3 is 3.00 bits per heavy atom. The number of rotatable bonds is 0. The van der Waals surface area contributed by atoms with Gasteiger partial charge in [0.1, 0.15) is 0 Å². The summed E-state index contributed by atoms with van der Waals surface area (Å²) in [6.45, 7) is 5.13. The maximum Gasteiger partial charge on any atom is 0.0380 e. The molecule has 0 saturated carbocycles. The summed E-state index contributed by atoms with van der Waals surface area (Å²) in [7, 11) is 2.27. The minimum Gasteiger partial charge on any atom is -0.311 e. The van der Waals surface area contributed by atoms with E-state index in [1.807, 2.05) is 0 Å². The van der Waals surface area contributed by atoms with E-state index in [9.17, 15) is 0 Å². The molecule has 3 nitrogen and oxygen atoms in total. The molecule has 3 aliphatic rings. The minimum absolute atomic E-state index is 0.774. The predicted molar refractivity (Wildman–Crippen MR) is 62.0 cm³/mol. The summed E-state index contributed by atoms with van der Waals surface area (Å²) < 4.78 is 0. The van der Waals surface area contributed by atoms with Gasteiger partial charge < -0.3 is 10.2 Å². The number of piperazine rings is 1. The first-order valence-corrected chi connectivity index (χ1v) is 6.52. The molecular weight excluding hydrogens is 186 g/mol. The number of likely N-dealkylation sites (N-methyl/N-ethyl adjacent to an activating group) is 1. The first kappa shape index (κ1) is 10.1. The number of piperidine rings is 2. The van der Waals surface area contributed by atoms with Gasteiger partial charge in [0.05, 0.1) is 0 Å². The van der Waals surface area contributed by atoms with Gasteiger partial charge in [-0.15, -0.1) is 0 Å². The Hall–Kier alpha value is -0.120. The highest BCUT2D eigenvalue weighted by atomic mass is 15.3. The highest BCUT2D eigenvalue weighted by Gasteiger charge is 2.40. The van der Waals surface area contributed by atoms with Gasteiger partial charge in [0.2, 0.25) is 0 Å². The predicted octanol–water partition coefficient (Wildman–Crippen LogP) is 0.517. The largest absolute Gasteiger partial charge is 0.311 e. The van der Waals surface area contributed by atoms with Crippen LogP contribution in [-0.4, -0.2) is 61.2 Å². The fourth-order valence-electron chi connectivity index (χ4n) is 3.63. The molecule has 3 atom stereocenters. The van der Waals surface area contributed by atoms with Gasteiger partial charge >= 0.3 is 0 Å². The molecule has 0 aromatic heterocycles. The van der Waals surface area contributed by atoms with Crippen LogP contribution in [0.2, 0.25) is 0 Å². The molecule has 3 aliphatic heterocycles. The molecular formula is C12H23N3. The third kappa shape index (κ3) is 1.81. The zero-order valence-electron chi connectivity index (χ0n) is 9.78. The number of nitrogens with zero attached hydrogens (tertiary/aromatic N) is 2. The van der Waals surface area contributed by atoms with Gasteiger partial charge in [-0.25, -0.2) is 0 Å². The van der Waals surface area contributed by atoms with Crippen molar-refractivity contribution in [2.24, 2.45) is 0 Å². The lowest BCUT2D eigenvalue weighted by atomic mass is 9.89. The molecule has 0 aromatic carbocycles. The molecule has 3 unspecified atom stereocenters. The van der Waals surface area contributed by atoms with E-state index in [-0.39, 0.29) is 0 Å². The number of likely N-dealkylation sites (tertiary alicyclic amines) is 1. The Balaban J connectivity index is 1.74. The van der Waals surface area contributed by atoms with Crippen LogP contribution in [0, 0.1) is 0 Å². The molecule has 0 aromatic rings. The van der Waals surface area contributed by atoms with Crippen molar-refractivity contribution in [1.29, 1.82) is 0 Å². The van der Waals surface area contributed by atoms with Gasteiger partial charge in [0, 0.05) is 31.2 Å². The molecule has 0 amide bonds. The second kappa shape index (κ2) is 4.04. The van der Waals surface area contributed by atoms with Crippen molar-refractivity contribution >= 4 is 0 Å². The number of hydrogen-bond donors (Lipinski definition) is 1. The van der Waals surface area contributed by atoms with Crippen LogP contribution in [0.5, 0.6) is 0 Å². The Morgan fingerprint density at radius 1 is 1.13 bits per heavy atom. The summed E-state index contributed by atoms with van der Waals surface area (Å²) in [5.41, 5.74) is 0. The zero-order valence-corrected chi connectivity index (χ0v) is 9.78. The summed E-state index contributed by atoms with van der Waals surface area (Å²) in [5, 5.41) is 3.77. The van der Waals surface area contributed by atoms with Crippen LogP contribution in [0.25, 0.3) is 0 Å². The molecule has 0 radical (unpaired) electrons. The zero-order chi connectivity index (χ0) is 10.3. The SMILES string of the molecule is CN1CCC2NCC3CCCCN3C2C1. The first-order chi connectivity index (χ1) is 7.34. The van der Waals surface area contributed by atoms with Crippen molar-refractivity contribution in [3.63, 3.8) is 0 Å². The van der Waals surface area contributed by atoms with Gasteiger partial charge in [-0.2, -0.15) is 0 Å². The molecule has 1 N–H and O–H groups in total. The van der Waals surface area contributed by atoms with E-state index in [0.717, 1.165) is 18.1 Å². The maximum atomic E-state index is 3.77. The molecule has 0 bridgehead atoms. The van der Waals surface area contributed by atoms with Crippen LogP contribution in [0.3, 0.4) is 0 Å². The van der Waals surface area contributed by atoms with Gasteiger partial charge in [-0.3, -0.25) is 4.90 Å². The van der Waals surface area contributed by atoms with Crippen LogP contribution in [0.15, 0.2) is 0 Å². The van der Waals surface area contributed by atoms with E-state index in [2.05, 4.69) is 22.2 Å². The molecule has 15 heavy (non-hydrogen) atoms. The summed E-state index contributed by atoms with van der Waals surface area (Å²) in [6, 6.07) is 2.41. The molecule has 3 saturated heterocycles. The number of nitrogens with one attached hydrogen (secondary N) is 1. The van der Waals surface area contributed by atoms with Crippen molar-refractivity contribution in [1.82, 2.24) is 15.1 Å². The minimum atomic E-state index is 0.774. The fraction of sp³-hybridized carbons (Fsp3) is 1.00. The molecule has 86 valence electrons. The monoisotopic (exact) mass is 209 g/mol. The Bertz CT molecular complexity index is 231. The van der Waals surface area contributed by atoms with E-state index in [4.69, 9.17) is 0 Å². The Kier molecular flexibility index (Phi) is 2.71. The Morgan fingerprint density at radius 2 is 2.07 bits per heavy atom. The van der Waals surface area contributed by atoms with Gasteiger partial charge in [0.15, 0.2) is 0 Å². The van der Waals surface area contributed by atoms with Crippen LogP contribution in [0.1, 0.15) is 25.7 Å². The third-order valence-corrected chi connectivity index (χ3v) is 4.50. The van der Waals surface area contributed by atoms with Crippen molar-refractivity contribution in [2.45, 2.75) is 43.8 Å². The van der Waals surface area contributed by atoms with Gasteiger partial charge in [-0.1, -0.05) is 6.42 Å². The van der Waals surface area contributed by atoms with Crippen molar-refractivity contribution in [2.75, 3.05) is 33.2 Å². The van der Waals surface area contributed by atoms with Crippen molar-refractivity contribution < 1.29 is 0 Å². The third-order valence-electron chi connectivity index (χ3n) is 4.50. The second-order valence-electron chi connectivity index (χ2n) is 5.52. The van der Waals surface area contributed by atoms with Crippen LogP contribution >= 0.6 is 0 Å². The lowest BCUT2D eigenvalue weighted by Crippen LogP contribution is -2.68. The smallest absolute Gasteiger partial charge is 0.0380 e. The van der Waals surface area contributed by atoms with Gasteiger partial charge in [0.25, 0.3) is 0 Å². The molecule has 0 aliphatic carbocycles. The lowest BCUT2D eigenvalue weighted by molar-refractivity contribution is -0.00178. The molecule has 0 spiro atoms. The lowest BCUT2D eigenvalue weighted by Gasteiger charge is -2.52. The Labute approximate surface area is 92.8 Å². The van der Waals surface area contributed by atoms with Crippen molar-refractivity contribution in [3.05, 3.63) is 0 Å². The highest BCUT2D eigenvalue weighted by Crippen LogP contribution is 2.27. The van der Waals surface area contributed by atoms with E-state index in [0.29, 0.717) is 0 Å². The summed E-state index contributed by atoms with van der Waals surface area (Å²) >= 11 is 0. The second-order valence-corrected chi connectivity index (χ2v) is 5.52. The highest BCUT2D eigenvalue weighted by molar-refractivity contribution is 4.99. The fourth-order valence-corrected chi connectivity index (χ4v) is 3.63. The van der Waals surface area contributed by atoms with E-state index >= 15 is 0 Å². The average Bonchev–Trinajstić information content (AvgIpc) is 2.29. The molecule has 3 heteroatoms. The molecule has 3 heterocycles. The van der Waals surface area contributed by atoms with E-state index in [1.165, 1.54) is 51.9 Å². The quantitative estimate of drug-likeness (QED) is 0.627. The van der Waals surface area contributed by atoms with Crippen LogP contribution < -0.4 is 5.32 Å². The molecule has 3 rings (SSSR count). The number of hydrogen-bond acceptors (Lipinski definition) is 3. The van der Waals surface area contributed by atoms with Crippen molar-refractivity contribution in [3.8, 4) is 0 Å². The number of fused-ring (bicyclic) bond motifs is 3. The van der Waals surface area contributed by atoms with Crippen LogP contribution in [-0.2, 0) is 0 Å². The standard InChI is InChI=1S/C12H23N3/c1-14-7-5-11-12(9-14)15-6-3-2-4-10(15)8-13-11/h10-13H,2-9H2,1H3. The summed E-state index contributed by atoms with van der Waals surface area (Å²) in [6.07, 6.45) is 5.61. The topological polar surface area (TPSA) is 18.5 Å². The normalized spacial score (nSPS) is 43.4. The van der Waals surface area contributed by atoms with E-state index in [1.54, 1.807) is 0 Å². The average molecular weight is 209 g/mol. The summed E-state index contributed by atoms with van der Waals surface area (Å²) in [5.74, 6) is 0. The van der Waals surface area contributed by atoms with Gasteiger partial charge in [-0.05, 0) is 39.4 Å².